The predicted molar refractivity (Wildman–Crippen MR) is 57.7 cm³/mol. The zero-order valence-electron chi connectivity index (χ0n) is 8.17. The summed E-state index contributed by atoms with van der Waals surface area (Å²) in [6, 6.07) is 6.98. The molecule has 2 aromatic rings. The van der Waals surface area contributed by atoms with E-state index >= 15 is 0 Å². The maximum Gasteiger partial charge on any atom is 0.309 e. The molecule has 1 heterocycles. The Bertz CT molecular complexity index is 524. The molecule has 16 heavy (non-hydrogen) atoms. The lowest BCUT2D eigenvalue weighted by Gasteiger charge is -2.04. The number of benzene rings is 1. The van der Waals surface area contributed by atoms with Gasteiger partial charge < -0.3 is 5.11 Å². The molecular formula is C10H8ClN3O2. The van der Waals surface area contributed by atoms with Crippen molar-refractivity contribution in [3.63, 3.8) is 0 Å². The van der Waals surface area contributed by atoms with Crippen molar-refractivity contribution < 1.29 is 9.90 Å². The molecule has 0 saturated heterocycles. The minimum absolute atomic E-state index is 0.125. The second-order valence-corrected chi connectivity index (χ2v) is 3.62. The Morgan fingerprint density at radius 1 is 1.50 bits per heavy atom. The fraction of sp³-hybridized carbons (Fsp3) is 0.100. The minimum Gasteiger partial charge on any atom is -0.481 e. The number of carboxylic acid groups (broad SMARTS) is 1. The summed E-state index contributed by atoms with van der Waals surface area (Å²) < 4.78 is 1.46. The van der Waals surface area contributed by atoms with Crippen molar-refractivity contribution in [2.24, 2.45) is 0 Å². The summed E-state index contributed by atoms with van der Waals surface area (Å²) in [6.07, 6.45) is 1.30. The van der Waals surface area contributed by atoms with Crippen LogP contribution in [-0.4, -0.2) is 26.1 Å². The summed E-state index contributed by atoms with van der Waals surface area (Å²) in [5, 5.41) is 16.8. The number of rotatable bonds is 3. The number of halogens is 1. The Morgan fingerprint density at radius 3 is 3.00 bits per heavy atom. The van der Waals surface area contributed by atoms with E-state index < -0.39 is 5.97 Å². The van der Waals surface area contributed by atoms with Gasteiger partial charge in [0, 0.05) is 5.02 Å². The summed E-state index contributed by atoms with van der Waals surface area (Å²) >= 11 is 5.84. The normalized spacial score (nSPS) is 10.3. The Hall–Kier alpha value is -1.88. The number of carboxylic acids is 1. The zero-order chi connectivity index (χ0) is 11.5. The number of hydrogen-bond acceptors (Lipinski definition) is 3. The number of hydrogen-bond donors (Lipinski definition) is 1. The molecule has 0 unspecified atom stereocenters. The molecule has 1 N–H and O–H groups in total. The lowest BCUT2D eigenvalue weighted by molar-refractivity contribution is -0.136. The molecule has 0 aliphatic rings. The molecule has 0 bridgehead atoms. The smallest absolute Gasteiger partial charge is 0.309 e. The van der Waals surface area contributed by atoms with E-state index in [1.54, 1.807) is 24.3 Å². The highest BCUT2D eigenvalue weighted by molar-refractivity contribution is 6.30. The largest absolute Gasteiger partial charge is 0.481 e. The molecule has 2 rings (SSSR count). The zero-order valence-corrected chi connectivity index (χ0v) is 8.92. The molecule has 0 atom stereocenters. The van der Waals surface area contributed by atoms with Gasteiger partial charge in [-0.15, -0.1) is 5.10 Å². The number of carbonyl (C=O) groups is 1. The number of nitrogens with zero attached hydrogens (tertiary/aromatic N) is 3. The molecule has 6 heteroatoms. The van der Waals surface area contributed by atoms with E-state index in [0.717, 1.165) is 0 Å². The Kier molecular flexibility index (Phi) is 2.87. The van der Waals surface area contributed by atoms with Gasteiger partial charge in [-0.25, -0.2) is 4.68 Å². The molecule has 1 aromatic heterocycles. The van der Waals surface area contributed by atoms with Gasteiger partial charge in [0.2, 0.25) is 0 Å². The van der Waals surface area contributed by atoms with Crippen LogP contribution in [0.15, 0.2) is 30.5 Å². The van der Waals surface area contributed by atoms with Crippen LogP contribution in [0.2, 0.25) is 5.02 Å². The van der Waals surface area contributed by atoms with Crippen molar-refractivity contribution in [1.29, 1.82) is 0 Å². The van der Waals surface area contributed by atoms with Crippen molar-refractivity contribution in [2.45, 2.75) is 6.42 Å². The lowest BCUT2D eigenvalue weighted by Crippen LogP contribution is -2.07. The average Bonchev–Trinajstić information content (AvgIpc) is 2.65. The highest BCUT2D eigenvalue weighted by atomic mass is 35.5. The van der Waals surface area contributed by atoms with Crippen molar-refractivity contribution in [2.75, 3.05) is 0 Å². The molecule has 0 saturated carbocycles. The highest BCUT2D eigenvalue weighted by Gasteiger charge is 2.09. The molecule has 5 nitrogen and oxygen atoms in total. The average molecular weight is 238 g/mol. The third kappa shape index (κ3) is 2.20. The first-order valence-electron chi connectivity index (χ1n) is 4.54. The quantitative estimate of drug-likeness (QED) is 0.880. The lowest BCUT2D eigenvalue weighted by atomic mass is 10.3. The second-order valence-electron chi connectivity index (χ2n) is 3.19. The maximum absolute atomic E-state index is 10.6. The Labute approximate surface area is 96.3 Å². The maximum atomic E-state index is 10.6. The predicted octanol–water partition coefficient (Wildman–Crippen LogP) is 1.55. The Balaban J connectivity index is 2.40. The van der Waals surface area contributed by atoms with Gasteiger partial charge in [0.1, 0.15) is 0 Å². The van der Waals surface area contributed by atoms with Crippen molar-refractivity contribution >= 4 is 17.6 Å². The fourth-order valence-corrected chi connectivity index (χ4v) is 1.54. The van der Waals surface area contributed by atoms with Crippen LogP contribution in [0.4, 0.5) is 0 Å². The molecule has 1 aromatic carbocycles. The van der Waals surface area contributed by atoms with E-state index in [-0.39, 0.29) is 6.42 Å². The van der Waals surface area contributed by atoms with E-state index in [1.165, 1.54) is 10.9 Å². The molecular weight excluding hydrogens is 230 g/mol. The van der Waals surface area contributed by atoms with E-state index in [4.69, 9.17) is 16.7 Å². The first-order chi connectivity index (χ1) is 7.66. The van der Waals surface area contributed by atoms with Crippen LogP contribution in [0.1, 0.15) is 5.69 Å². The first-order valence-corrected chi connectivity index (χ1v) is 4.92. The van der Waals surface area contributed by atoms with E-state index in [2.05, 4.69) is 10.3 Å². The van der Waals surface area contributed by atoms with Crippen LogP contribution in [-0.2, 0) is 11.2 Å². The standard InChI is InChI=1S/C10H8ClN3O2/c11-7-2-1-3-8(4-7)14-9(5-10(15)16)6-12-13-14/h1-4,6H,5H2,(H,15,16). The van der Waals surface area contributed by atoms with Crippen LogP contribution < -0.4 is 0 Å². The third-order valence-electron chi connectivity index (χ3n) is 2.01. The summed E-state index contributed by atoms with van der Waals surface area (Å²) in [7, 11) is 0. The van der Waals surface area contributed by atoms with Crippen LogP contribution in [0.3, 0.4) is 0 Å². The van der Waals surface area contributed by atoms with Crippen LogP contribution in [0.5, 0.6) is 0 Å². The SMILES string of the molecule is O=C(O)Cc1cnnn1-c1cccc(Cl)c1. The van der Waals surface area contributed by atoms with Crippen LogP contribution >= 0.6 is 11.6 Å². The van der Waals surface area contributed by atoms with Gasteiger partial charge in [0.15, 0.2) is 0 Å². The van der Waals surface area contributed by atoms with Gasteiger partial charge >= 0.3 is 5.97 Å². The van der Waals surface area contributed by atoms with Crippen LogP contribution in [0.25, 0.3) is 5.69 Å². The van der Waals surface area contributed by atoms with E-state index in [0.29, 0.717) is 16.4 Å². The number of aromatic nitrogens is 3. The van der Waals surface area contributed by atoms with Gasteiger partial charge in [-0.05, 0) is 18.2 Å². The summed E-state index contributed by atoms with van der Waals surface area (Å²) in [5.74, 6) is -0.925. The summed E-state index contributed by atoms with van der Waals surface area (Å²) in [6.45, 7) is 0. The van der Waals surface area contributed by atoms with E-state index in [1.807, 2.05) is 0 Å². The second kappa shape index (κ2) is 4.32. The fourth-order valence-electron chi connectivity index (χ4n) is 1.36. The topological polar surface area (TPSA) is 68.0 Å². The monoisotopic (exact) mass is 237 g/mol. The molecule has 0 aliphatic carbocycles. The van der Waals surface area contributed by atoms with Crippen molar-refractivity contribution in [1.82, 2.24) is 15.0 Å². The summed E-state index contributed by atoms with van der Waals surface area (Å²) in [4.78, 5) is 10.6. The van der Waals surface area contributed by atoms with Crippen molar-refractivity contribution in [3.05, 3.63) is 41.2 Å². The van der Waals surface area contributed by atoms with Gasteiger partial charge in [0.05, 0.1) is 24.0 Å². The molecule has 0 amide bonds. The Morgan fingerprint density at radius 2 is 2.31 bits per heavy atom. The van der Waals surface area contributed by atoms with Gasteiger partial charge in [-0.2, -0.15) is 0 Å². The van der Waals surface area contributed by atoms with Gasteiger partial charge in [-0.3, -0.25) is 4.79 Å². The third-order valence-corrected chi connectivity index (χ3v) is 2.24. The van der Waals surface area contributed by atoms with E-state index in [9.17, 15) is 4.79 Å². The minimum atomic E-state index is -0.925. The first kappa shape index (κ1) is 10.6. The van der Waals surface area contributed by atoms with Gasteiger partial charge in [0.25, 0.3) is 0 Å². The van der Waals surface area contributed by atoms with Crippen molar-refractivity contribution in [3.8, 4) is 5.69 Å². The molecule has 0 aliphatic heterocycles. The molecule has 0 spiro atoms. The van der Waals surface area contributed by atoms with Crippen LogP contribution in [0, 0.1) is 0 Å². The summed E-state index contributed by atoms with van der Waals surface area (Å²) in [5.41, 5.74) is 1.20. The number of aliphatic carboxylic acids is 1. The highest BCUT2D eigenvalue weighted by Crippen LogP contribution is 2.15. The molecule has 0 radical (unpaired) electrons. The molecule has 0 fully saturated rings. The van der Waals surface area contributed by atoms with Gasteiger partial charge in [-0.1, -0.05) is 22.9 Å². The molecule has 82 valence electrons.